The molecule has 9 heteroatoms. The van der Waals surface area contributed by atoms with Gasteiger partial charge in [-0.2, -0.15) is 5.10 Å². The summed E-state index contributed by atoms with van der Waals surface area (Å²) in [7, 11) is 1.23. The van der Waals surface area contributed by atoms with Crippen LogP contribution in [-0.2, 0) is 20.9 Å². The first-order valence-electron chi connectivity index (χ1n) is 5.80. The lowest BCUT2D eigenvalue weighted by Crippen LogP contribution is -2.28. The largest absolute Gasteiger partial charge is 0.468 e. The Labute approximate surface area is 123 Å². The fraction of sp³-hybridized carbons (Fsp3) is 0.455. The van der Waals surface area contributed by atoms with Gasteiger partial charge in [-0.05, 0) is 22.4 Å². The summed E-state index contributed by atoms with van der Waals surface area (Å²) in [5, 5.41) is 6.82. The molecule has 0 aliphatic carbocycles. The van der Waals surface area contributed by atoms with Crippen molar-refractivity contribution in [3.05, 3.63) is 21.0 Å². The van der Waals surface area contributed by atoms with Gasteiger partial charge in [-0.3, -0.25) is 14.4 Å². The molecule has 8 nitrogen and oxygen atoms in total. The van der Waals surface area contributed by atoms with Crippen LogP contribution in [0.1, 0.15) is 12.8 Å². The summed E-state index contributed by atoms with van der Waals surface area (Å²) in [6.45, 7) is 0.222. The maximum atomic E-state index is 11.9. The van der Waals surface area contributed by atoms with Crippen LogP contribution in [0.5, 0.6) is 0 Å². The van der Waals surface area contributed by atoms with Gasteiger partial charge in [-0.15, -0.1) is 0 Å². The third-order valence-corrected chi connectivity index (χ3v) is 3.17. The number of nitrogens with zero attached hydrogens (tertiary/aromatic N) is 2. The molecule has 20 heavy (non-hydrogen) atoms. The van der Waals surface area contributed by atoms with Crippen LogP contribution in [0.3, 0.4) is 0 Å². The Bertz CT molecular complexity index is 558. The highest BCUT2D eigenvalue weighted by Gasteiger charge is 2.11. The van der Waals surface area contributed by atoms with Gasteiger partial charge in [0.15, 0.2) is 0 Å². The van der Waals surface area contributed by atoms with Crippen LogP contribution >= 0.6 is 15.9 Å². The maximum Gasteiger partial charge on any atom is 0.327 e. The number of nitrogens with one attached hydrogen (secondary N) is 1. The lowest BCUT2D eigenvalue weighted by Gasteiger charge is -2.09. The lowest BCUT2D eigenvalue weighted by molar-refractivity contribution is -0.141. The van der Waals surface area contributed by atoms with Crippen LogP contribution in [0.25, 0.3) is 0 Å². The van der Waals surface area contributed by atoms with Crippen LogP contribution in [0, 0.1) is 0 Å². The molecular weight excluding hydrogens is 332 g/mol. The fourth-order valence-electron chi connectivity index (χ4n) is 1.37. The zero-order valence-corrected chi connectivity index (χ0v) is 12.5. The Morgan fingerprint density at radius 2 is 2.25 bits per heavy atom. The number of esters is 1. The van der Waals surface area contributed by atoms with E-state index in [9.17, 15) is 14.4 Å². The van der Waals surface area contributed by atoms with E-state index in [4.69, 9.17) is 5.73 Å². The summed E-state index contributed by atoms with van der Waals surface area (Å²) in [4.78, 5) is 33.6. The molecule has 0 aliphatic rings. The van der Waals surface area contributed by atoms with Crippen molar-refractivity contribution in [3.63, 3.8) is 0 Å². The first-order chi connectivity index (χ1) is 9.45. The molecule has 1 rings (SSSR count). The maximum absolute atomic E-state index is 11.9. The van der Waals surface area contributed by atoms with Gasteiger partial charge in [0.25, 0.3) is 5.56 Å². The highest BCUT2D eigenvalue weighted by atomic mass is 79.9. The molecule has 0 radical (unpaired) electrons. The van der Waals surface area contributed by atoms with Crippen molar-refractivity contribution >= 4 is 33.5 Å². The summed E-state index contributed by atoms with van der Waals surface area (Å²) in [5.74, 6) is -0.939. The molecule has 0 atom stereocenters. The quantitative estimate of drug-likeness (QED) is 0.524. The van der Waals surface area contributed by atoms with E-state index in [1.807, 2.05) is 0 Å². The number of rotatable bonds is 7. The second kappa shape index (κ2) is 7.63. The van der Waals surface area contributed by atoms with Gasteiger partial charge in [0.05, 0.1) is 19.0 Å². The van der Waals surface area contributed by atoms with E-state index in [0.29, 0.717) is 18.7 Å². The van der Waals surface area contributed by atoms with Crippen LogP contribution < -0.4 is 16.6 Å². The monoisotopic (exact) mass is 346 g/mol. The summed E-state index contributed by atoms with van der Waals surface area (Å²) in [6.07, 6.45) is 2.23. The summed E-state index contributed by atoms with van der Waals surface area (Å²) in [5.41, 5.74) is 5.06. The Kier molecular flexibility index (Phi) is 6.16. The second-order valence-corrected chi connectivity index (χ2v) is 4.70. The first-order valence-corrected chi connectivity index (χ1v) is 6.59. The molecule has 0 saturated heterocycles. The predicted octanol–water partition coefficient (Wildman–Crippen LogP) is -0.144. The Hall–Kier alpha value is -1.90. The molecule has 0 bridgehead atoms. The van der Waals surface area contributed by atoms with Crippen LogP contribution in [0.15, 0.2) is 15.5 Å². The number of carbonyl (C=O) groups is 2. The van der Waals surface area contributed by atoms with Crippen LogP contribution in [-0.4, -0.2) is 35.3 Å². The van der Waals surface area contributed by atoms with Crippen LogP contribution in [0.2, 0.25) is 0 Å². The van der Waals surface area contributed by atoms with E-state index in [1.165, 1.54) is 13.3 Å². The van der Waals surface area contributed by atoms with Crippen molar-refractivity contribution < 1.29 is 14.3 Å². The molecule has 0 saturated carbocycles. The third kappa shape index (κ3) is 4.65. The number of ether oxygens (including phenoxy) is 1. The summed E-state index contributed by atoms with van der Waals surface area (Å²) < 4.78 is 5.72. The number of aromatic nitrogens is 2. The summed E-state index contributed by atoms with van der Waals surface area (Å²) in [6, 6.07) is 0. The Balaban J connectivity index is 2.71. The summed E-state index contributed by atoms with van der Waals surface area (Å²) >= 11 is 3.14. The number of carbonyl (C=O) groups excluding carboxylic acids is 2. The number of hydrogen-bond acceptors (Lipinski definition) is 6. The minimum atomic E-state index is -0.561. The number of nitrogens with two attached hydrogens (primary N) is 1. The molecule has 0 spiro atoms. The topological polar surface area (TPSA) is 116 Å². The standard InChI is InChI=1S/C11H15BrN4O4/c1-20-9(18)6-16-11(19)10(12)7(5-15-16)14-4-2-3-8(13)17/h5,14H,2-4,6H2,1H3,(H2,13,17). The highest BCUT2D eigenvalue weighted by Crippen LogP contribution is 2.16. The lowest BCUT2D eigenvalue weighted by atomic mass is 10.3. The molecule has 0 fully saturated rings. The zero-order valence-electron chi connectivity index (χ0n) is 10.9. The predicted molar refractivity (Wildman–Crippen MR) is 75.1 cm³/mol. The van der Waals surface area contributed by atoms with E-state index in [-0.39, 0.29) is 23.3 Å². The normalized spacial score (nSPS) is 10.1. The van der Waals surface area contributed by atoms with E-state index < -0.39 is 11.5 Å². The van der Waals surface area contributed by atoms with Gasteiger partial charge in [0, 0.05) is 13.0 Å². The van der Waals surface area contributed by atoms with Gasteiger partial charge >= 0.3 is 5.97 Å². The van der Waals surface area contributed by atoms with Crippen molar-refractivity contribution in [2.75, 3.05) is 19.0 Å². The highest BCUT2D eigenvalue weighted by molar-refractivity contribution is 9.10. The van der Waals surface area contributed by atoms with Crippen molar-refractivity contribution in [2.24, 2.45) is 5.73 Å². The molecular formula is C11H15BrN4O4. The van der Waals surface area contributed by atoms with Gasteiger partial charge < -0.3 is 15.8 Å². The minimum Gasteiger partial charge on any atom is -0.468 e. The third-order valence-electron chi connectivity index (χ3n) is 2.41. The average Bonchev–Trinajstić information content (AvgIpc) is 2.41. The number of anilines is 1. The Morgan fingerprint density at radius 1 is 1.55 bits per heavy atom. The van der Waals surface area contributed by atoms with Gasteiger partial charge in [0.2, 0.25) is 5.91 Å². The fourth-order valence-corrected chi connectivity index (χ4v) is 1.82. The van der Waals surface area contributed by atoms with Gasteiger partial charge in [0.1, 0.15) is 11.0 Å². The van der Waals surface area contributed by atoms with E-state index in [1.54, 1.807) is 0 Å². The van der Waals surface area contributed by atoms with Crippen molar-refractivity contribution in [3.8, 4) is 0 Å². The van der Waals surface area contributed by atoms with Crippen molar-refractivity contribution in [1.29, 1.82) is 0 Å². The SMILES string of the molecule is COC(=O)Cn1ncc(NCCCC(N)=O)c(Br)c1=O. The zero-order chi connectivity index (χ0) is 15.1. The number of halogens is 1. The van der Waals surface area contributed by atoms with Crippen molar-refractivity contribution in [1.82, 2.24) is 9.78 Å². The molecule has 0 aromatic carbocycles. The number of amides is 1. The molecule has 1 amide bonds. The molecule has 1 aromatic rings. The minimum absolute atomic E-state index is 0.254. The first kappa shape index (κ1) is 16.2. The van der Waals surface area contributed by atoms with Gasteiger partial charge in [-0.1, -0.05) is 0 Å². The molecule has 0 aliphatic heterocycles. The number of methoxy groups -OCH3 is 1. The average molecular weight is 347 g/mol. The number of hydrogen-bond donors (Lipinski definition) is 2. The van der Waals surface area contributed by atoms with Gasteiger partial charge in [-0.25, -0.2) is 4.68 Å². The second-order valence-electron chi connectivity index (χ2n) is 3.91. The van der Waals surface area contributed by atoms with E-state index >= 15 is 0 Å². The van der Waals surface area contributed by atoms with Crippen LogP contribution in [0.4, 0.5) is 5.69 Å². The van der Waals surface area contributed by atoms with Crippen molar-refractivity contribution in [2.45, 2.75) is 19.4 Å². The smallest absolute Gasteiger partial charge is 0.327 e. The molecule has 1 aromatic heterocycles. The Morgan fingerprint density at radius 3 is 2.85 bits per heavy atom. The van der Waals surface area contributed by atoms with E-state index in [2.05, 4.69) is 31.1 Å². The molecule has 3 N–H and O–H groups in total. The molecule has 1 heterocycles. The molecule has 0 unspecified atom stereocenters. The molecule has 110 valence electrons. The van der Waals surface area contributed by atoms with E-state index in [0.717, 1.165) is 4.68 Å². The number of primary amides is 1.